The van der Waals surface area contributed by atoms with Crippen molar-refractivity contribution in [2.75, 3.05) is 38.7 Å². The van der Waals surface area contributed by atoms with Crippen LogP contribution in [0.2, 0.25) is 0 Å². The van der Waals surface area contributed by atoms with Crippen LogP contribution in [0, 0.1) is 0 Å². The molecular formula is C12H20N4O2. The molecule has 1 atom stereocenters. The summed E-state index contributed by atoms with van der Waals surface area (Å²) in [5.41, 5.74) is 0.0764. The van der Waals surface area contributed by atoms with Crippen LogP contribution < -0.4 is 4.90 Å². The molecule has 1 aliphatic rings. The fraction of sp³-hybridized carbons (Fsp3) is 0.667. The van der Waals surface area contributed by atoms with Crippen LogP contribution in [0.15, 0.2) is 12.4 Å². The minimum atomic E-state index is -0.940. The molecule has 6 nitrogen and oxygen atoms in total. The Kier molecular flexibility index (Phi) is 3.79. The third-order valence-corrected chi connectivity index (χ3v) is 3.20. The molecule has 1 aromatic rings. The molecule has 0 spiro atoms. The highest BCUT2D eigenvalue weighted by molar-refractivity contribution is 5.26. The summed E-state index contributed by atoms with van der Waals surface area (Å²) in [5, 5.41) is 19.0. The number of aliphatic hydroxyl groups excluding tert-OH is 1. The third-order valence-electron chi connectivity index (χ3n) is 3.20. The second-order valence-corrected chi connectivity index (χ2v) is 5.13. The number of aliphatic hydroxyl groups is 2. The van der Waals surface area contributed by atoms with Crippen LogP contribution in [0.25, 0.3) is 0 Å². The van der Waals surface area contributed by atoms with Gasteiger partial charge in [0.05, 0.1) is 6.61 Å². The van der Waals surface area contributed by atoms with Gasteiger partial charge in [-0.15, -0.1) is 0 Å². The Morgan fingerprint density at radius 1 is 1.39 bits per heavy atom. The van der Waals surface area contributed by atoms with Gasteiger partial charge >= 0.3 is 0 Å². The van der Waals surface area contributed by atoms with Crippen LogP contribution in [0.1, 0.15) is 12.0 Å². The highest BCUT2D eigenvalue weighted by Crippen LogP contribution is 2.22. The summed E-state index contributed by atoms with van der Waals surface area (Å²) >= 11 is 0. The SMILES string of the molecule is CN(C)c1ncc(CN2CCC(O)(CO)C2)cn1. The van der Waals surface area contributed by atoms with E-state index in [1.54, 1.807) is 12.4 Å². The molecule has 0 aromatic carbocycles. The van der Waals surface area contributed by atoms with E-state index in [1.165, 1.54) is 0 Å². The van der Waals surface area contributed by atoms with E-state index in [9.17, 15) is 5.11 Å². The molecule has 2 heterocycles. The fourth-order valence-corrected chi connectivity index (χ4v) is 2.12. The number of hydrogen-bond acceptors (Lipinski definition) is 6. The number of hydrogen-bond donors (Lipinski definition) is 2. The Morgan fingerprint density at radius 3 is 2.56 bits per heavy atom. The van der Waals surface area contributed by atoms with Gasteiger partial charge in [0.15, 0.2) is 0 Å². The van der Waals surface area contributed by atoms with Crippen LogP contribution in [0.5, 0.6) is 0 Å². The Morgan fingerprint density at radius 2 is 2.06 bits per heavy atom. The Labute approximate surface area is 107 Å². The third kappa shape index (κ3) is 2.95. The Bertz CT molecular complexity index is 396. The normalized spacial score (nSPS) is 24.4. The quantitative estimate of drug-likeness (QED) is 0.750. The molecule has 1 fully saturated rings. The maximum absolute atomic E-state index is 9.94. The second kappa shape index (κ2) is 5.17. The van der Waals surface area contributed by atoms with Gasteiger partial charge in [0, 0.05) is 51.7 Å². The molecule has 1 saturated heterocycles. The predicted octanol–water partition coefficient (Wildman–Crippen LogP) is -0.528. The smallest absolute Gasteiger partial charge is 0.224 e. The van der Waals surface area contributed by atoms with Crippen molar-refractivity contribution in [1.82, 2.24) is 14.9 Å². The summed E-state index contributed by atoms with van der Waals surface area (Å²) < 4.78 is 0. The van der Waals surface area contributed by atoms with Crippen molar-refractivity contribution in [2.24, 2.45) is 0 Å². The first-order chi connectivity index (χ1) is 8.52. The maximum Gasteiger partial charge on any atom is 0.224 e. The van der Waals surface area contributed by atoms with Gasteiger partial charge in [-0.1, -0.05) is 0 Å². The summed E-state index contributed by atoms with van der Waals surface area (Å²) in [6.45, 7) is 1.81. The van der Waals surface area contributed by atoms with E-state index >= 15 is 0 Å². The van der Waals surface area contributed by atoms with Crippen molar-refractivity contribution >= 4 is 5.95 Å². The molecule has 2 N–H and O–H groups in total. The van der Waals surface area contributed by atoms with E-state index in [0.717, 1.165) is 12.1 Å². The zero-order valence-electron chi connectivity index (χ0n) is 10.9. The molecule has 18 heavy (non-hydrogen) atoms. The molecule has 1 unspecified atom stereocenters. The van der Waals surface area contributed by atoms with Crippen molar-refractivity contribution in [3.05, 3.63) is 18.0 Å². The standard InChI is InChI=1S/C12H20N4O2/c1-15(2)11-13-5-10(6-14-11)7-16-4-3-12(18,8-16)9-17/h5-6,17-18H,3-4,7-9H2,1-2H3. The molecule has 0 bridgehead atoms. The minimum absolute atomic E-state index is 0.181. The van der Waals surface area contributed by atoms with E-state index < -0.39 is 5.60 Å². The number of nitrogens with zero attached hydrogens (tertiary/aromatic N) is 4. The van der Waals surface area contributed by atoms with Gasteiger partial charge in [-0.2, -0.15) is 0 Å². The monoisotopic (exact) mass is 252 g/mol. The minimum Gasteiger partial charge on any atom is -0.393 e. The van der Waals surface area contributed by atoms with Gasteiger partial charge in [-0.05, 0) is 6.42 Å². The largest absolute Gasteiger partial charge is 0.393 e. The second-order valence-electron chi connectivity index (χ2n) is 5.13. The van der Waals surface area contributed by atoms with Gasteiger partial charge in [0.25, 0.3) is 0 Å². The fourth-order valence-electron chi connectivity index (χ4n) is 2.12. The van der Waals surface area contributed by atoms with E-state index in [2.05, 4.69) is 14.9 Å². The van der Waals surface area contributed by atoms with Crippen molar-refractivity contribution in [3.63, 3.8) is 0 Å². The number of likely N-dealkylation sites (tertiary alicyclic amines) is 1. The summed E-state index contributed by atoms with van der Waals surface area (Å²) in [7, 11) is 3.80. The molecular weight excluding hydrogens is 232 g/mol. The predicted molar refractivity (Wildman–Crippen MR) is 68.3 cm³/mol. The first kappa shape index (κ1) is 13.2. The maximum atomic E-state index is 9.94. The molecule has 1 aliphatic heterocycles. The Balaban J connectivity index is 1.94. The van der Waals surface area contributed by atoms with Crippen molar-refractivity contribution < 1.29 is 10.2 Å². The van der Waals surface area contributed by atoms with Gasteiger partial charge in [-0.3, -0.25) is 4.90 Å². The average molecular weight is 252 g/mol. The number of aromatic nitrogens is 2. The van der Waals surface area contributed by atoms with Crippen LogP contribution in [-0.2, 0) is 6.54 Å². The lowest BCUT2D eigenvalue weighted by Crippen LogP contribution is -2.36. The number of β-amino-alcohol motifs (C(OH)–C–C–N with tert-alkyl or cyclic N) is 1. The van der Waals surface area contributed by atoms with Crippen molar-refractivity contribution in [2.45, 2.75) is 18.6 Å². The van der Waals surface area contributed by atoms with E-state index in [-0.39, 0.29) is 6.61 Å². The van der Waals surface area contributed by atoms with Crippen LogP contribution in [0.3, 0.4) is 0 Å². The van der Waals surface area contributed by atoms with Crippen LogP contribution >= 0.6 is 0 Å². The van der Waals surface area contributed by atoms with Crippen LogP contribution in [0.4, 0.5) is 5.95 Å². The molecule has 100 valence electrons. The van der Waals surface area contributed by atoms with E-state index in [0.29, 0.717) is 25.5 Å². The molecule has 1 aromatic heterocycles. The molecule has 2 rings (SSSR count). The lowest BCUT2D eigenvalue weighted by molar-refractivity contribution is -0.00581. The van der Waals surface area contributed by atoms with Crippen molar-refractivity contribution in [3.8, 4) is 0 Å². The summed E-state index contributed by atoms with van der Waals surface area (Å²) in [6.07, 6.45) is 4.22. The van der Waals surface area contributed by atoms with E-state index in [1.807, 2.05) is 19.0 Å². The molecule has 0 aliphatic carbocycles. The topological polar surface area (TPSA) is 72.7 Å². The van der Waals surface area contributed by atoms with Crippen molar-refractivity contribution in [1.29, 1.82) is 0 Å². The van der Waals surface area contributed by atoms with E-state index in [4.69, 9.17) is 5.11 Å². The summed E-state index contributed by atoms with van der Waals surface area (Å²) in [5.74, 6) is 0.687. The zero-order chi connectivity index (χ0) is 13.2. The molecule has 6 heteroatoms. The van der Waals surface area contributed by atoms with Gasteiger partial charge < -0.3 is 15.1 Å². The zero-order valence-corrected chi connectivity index (χ0v) is 10.9. The highest BCUT2D eigenvalue weighted by atomic mass is 16.3. The highest BCUT2D eigenvalue weighted by Gasteiger charge is 2.35. The number of anilines is 1. The first-order valence-corrected chi connectivity index (χ1v) is 6.06. The van der Waals surface area contributed by atoms with Gasteiger partial charge in [0.1, 0.15) is 5.60 Å². The lowest BCUT2D eigenvalue weighted by atomic mass is 10.1. The Hall–Kier alpha value is -1.24. The van der Waals surface area contributed by atoms with Gasteiger partial charge in [0.2, 0.25) is 5.95 Å². The molecule has 0 saturated carbocycles. The first-order valence-electron chi connectivity index (χ1n) is 6.06. The summed E-state index contributed by atoms with van der Waals surface area (Å²) in [6, 6.07) is 0. The van der Waals surface area contributed by atoms with Crippen LogP contribution in [-0.4, -0.2) is 64.5 Å². The van der Waals surface area contributed by atoms with Gasteiger partial charge in [-0.25, -0.2) is 9.97 Å². The molecule has 0 amide bonds. The molecule has 0 radical (unpaired) electrons. The summed E-state index contributed by atoms with van der Waals surface area (Å²) in [4.78, 5) is 12.5. The lowest BCUT2D eigenvalue weighted by Gasteiger charge is -2.20. The average Bonchev–Trinajstić information content (AvgIpc) is 2.72. The number of rotatable bonds is 4.